The molecule has 1 aliphatic carbocycles. The molecule has 1 aliphatic heterocycles. The number of carbonyl (C=O) groups excluding carboxylic acids is 1. The summed E-state index contributed by atoms with van der Waals surface area (Å²) in [4.78, 5) is 28.1. The first-order valence-corrected chi connectivity index (χ1v) is 10.2. The zero-order chi connectivity index (χ0) is 19.1. The number of aliphatic carboxylic acids is 1. The standard InChI is InChI=1S/C21H31N3O3/c25-20(26)11-10-18(16-17-6-2-1-3-7-17)22-21(27)24-14-12-23(13-15-24)19-8-4-5-9-19/h1-3,6-7,18-19H,4-5,8-16H2,(H,22,27)(H,25,26). The Morgan fingerprint density at radius 1 is 1.07 bits per heavy atom. The van der Waals surface area contributed by atoms with Crippen molar-refractivity contribution in [2.75, 3.05) is 26.2 Å². The first-order chi connectivity index (χ1) is 13.1. The van der Waals surface area contributed by atoms with Gasteiger partial charge in [-0.15, -0.1) is 0 Å². The maximum absolute atomic E-state index is 12.7. The van der Waals surface area contributed by atoms with Gasteiger partial charge in [-0.25, -0.2) is 4.79 Å². The Bertz CT molecular complexity index is 608. The third kappa shape index (κ3) is 5.96. The number of rotatable bonds is 7. The summed E-state index contributed by atoms with van der Waals surface area (Å²) in [6.45, 7) is 3.38. The molecule has 0 spiro atoms. The Balaban J connectivity index is 1.51. The van der Waals surface area contributed by atoms with Crippen LogP contribution >= 0.6 is 0 Å². The second-order valence-electron chi connectivity index (χ2n) is 7.73. The molecule has 27 heavy (non-hydrogen) atoms. The minimum atomic E-state index is -0.826. The van der Waals surface area contributed by atoms with Gasteiger partial charge >= 0.3 is 12.0 Å². The van der Waals surface area contributed by atoms with Crippen molar-refractivity contribution in [1.82, 2.24) is 15.1 Å². The summed E-state index contributed by atoms with van der Waals surface area (Å²) in [5, 5.41) is 12.1. The van der Waals surface area contributed by atoms with Crippen molar-refractivity contribution in [3.8, 4) is 0 Å². The maximum Gasteiger partial charge on any atom is 0.317 e. The number of amides is 2. The zero-order valence-corrected chi connectivity index (χ0v) is 16.0. The van der Waals surface area contributed by atoms with Crippen molar-refractivity contribution in [1.29, 1.82) is 0 Å². The molecule has 2 fully saturated rings. The molecule has 2 aliphatic rings. The normalized spacial score (nSPS) is 19.8. The Kier molecular flexibility index (Phi) is 7.10. The van der Waals surface area contributed by atoms with Gasteiger partial charge in [0, 0.05) is 44.7 Å². The summed E-state index contributed by atoms with van der Waals surface area (Å²) in [5.41, 5.74) is 1.11. The minimum absolute atomic E-state index is 0.0626. The average molecular weight is 373 g/mol. The van der Waals surface area contributed by atoms with Crippen LogP contribution in [-0.2, 0) is 11.2 Å². The van der Waals surface area contributed by atoms with Gasteiger partial charge in [0.15, 0.2) is 0 Å². The summed E-state index contributed by atoms with van der Waals surface area (Å²) in [6, 6.07) is 10.4. The molecule has 6 nitrogen and oxygen atoms in total. The SMILES string of the molecule is O=C(O)CCC(Cc1ccccc1)NC(=O)N1CCN(C2CCCC2)CC1. The molecule has 0 aromatic heterocycles. The highest BCUT2D eigenvalue weighted by Crippen LogP contribution is 2.24. The van der Waals surface area contributed by atoms with E-state index in [4.69, 9.17) is 5.11 Å². The summed E-state index contributed by atoms with van der Waals surface area (Å²) < 4.78 is 0. The third-order valence-corrected chi connectivity index (χ3v) is 5.80. The molecule has 1 heterocycles. The van der Waals surface area contributed by atoms with Gasteiger partial charge in [-0.3, -0.25) is 9.69 Å². The molecule has 2 amide bonds. The van der Waals surface area contributed by atoms with E-state index >= 15 is 0 Å². The highest BCUT2D eigenvalue weighted by molar-refractivity contribution is 5.75. The number of hydrogen-bond donors (Lipinski definition) is 2. The molecule has 2 N–H and O–H groups in total. The fourth-order valence-electron chi connectivity index (χ4n) is 4.25. The highest BCUT2D eigenvalue weighted by Gasteiger charge is 2.28. The van der Waals surface area contributed by atoms with E-state index in [0.29, 0.717) is 18.9 Å². The van der Waals surface area contributed by atoms with Crippen LogP contribution in [0.4, 0.5) is 4.79 Å². The average Bonchev–Trinajstić information content (AvgIpc) is 3.22. The van der Waals surface area contributed by atoms with Crippen LogP contribution in [0.25, 0.3) is 0 Å². The first-order valence-electron chi connectivity index (χ1n) is 10.2. The largest absolute Gasteiger partial charge is 0.481 e. The van der Waals surface area contributed by atoms with E-state index in [1.165, 1.54) is 25.7 Å². The van der Waals surface area contributed by atoms with Crippen LogP contribution in [-0.4, -0.2) is 65.2 Å². The second kappa shape index (κ2) is 9.74. The zero-order valence-electron chi connectivity index (χ0n) is 16.0. The molecular weight excluding hydrogens is 342 g/mol. The quantitative estimate of drug-likeness (QED) is 0.771. The predicted octanol–water partition coefficient (Wildman–Crippen LogP) is 2.73. The van der Waals surface area contributed by atoms with Crippen LogP contribution in [0.15, 0.2) is 30.3 Å². The van der Waals surface area contributed by atoms with Crippen molar-refractivity contribution in [3.05, 3.63) is 35.9 Å². The van der Waals surface area contributed by atoms with Gasteiger partial charge in [-0.1, -0.05) is 43.2 Å². The molecule has 3 rings (SSSR count). The van der Waals surface area contributed by atoms with Gasteiger partial charge in [-0.2, -0.15) is 0 Å². The highest BCUT2D eigenvalue weighted by atomic mass is 16.4. The van der Waals surface area contributed by atoms with Gasteiger partial charge in [0.05, 0.1) is 0 Å². The lowest BCUT2D eigenvalue weighted by Gasteiger charge is -2.38. The monoisotopic (exact) mass is 373 g/mol. The molecule has 1 aromatic rings. The third-order valence-electron chi connectivity index (χ3n) is 5.80. The van der Waals surface area contributed by atoms with Crippen LogP contribution < -0.4 is 5.32 Å². The number of piperazine rings is 1. The minimum Gasteiger partial charge on any atom is -0.481 e. The summed E-state index contributed by atoms with van der Waals surface area (Å²) in [7, 11) is 0. The van der Waals surface area contributed by atoms with Crippen LogP contribution in [0.3, 0.4) is 0 Å². The summed E-state index contributed by atoms with van der Waals surface area (Å²) in [6.07, 6.45) is 6.40. The van der Waals surface area contributed by atoms with E-state index in [9.17, 15) is 9.59 Å². The number of benzene rings is 1. The van der Waals surface area contributed by atoms with E-state index in [1.807, 2.05) is 35.2 Å². The molecule has 1 saturated heterocycles. The van der Waals surface area contributed by atoms with Gasteiger partial charge in [0.25, 0.3) is 0 Å². The molecule has 0 radical (unpaired) electrons. The fraction of sp³-hybridized carbons (Fsp3) is 0.619. The van der Waals surface area contributed by atoms with E-state index in [1.54, 1.807) is 0 Å². The smallest absolute Gasteiger partial charge is 0.317 e. The lowest BCUT2D eigenvalue weighted by atomic mass is 10.0. The molecule has 1 saturated carbocycles. The van der Waals surface area contributed by atoms with Crippen molar-refractivity contribution < 1.29 is 14.7 Å². The van der Waals surface area contributed by atoms with E-state index in [2.05, 4.69) is 10.2 Å². The fourth-order valence-corrected chi connectivity index (χ4v) is 4.25. The maximum atomic E-state index is 12.7. The first kappa shape index (κ1) is 19.7. The number of nitrogens with zero attached hydrogens (tertiary/aromatic N) is 2. The lowest BCUT2D eigenvalue weighted by molar-refractivity contribution is -0.137. The molecule has 1 unspecified atom stereocenters. The number of nitrogens with one attached hydrogen (secondary N) is 1. The number of urea groups is 1. The summed E-state index contributed by atoms with van der Waals surface area (Å²) in [5.74, 6) is -0.826. The van der Waals surface area contributed by atoms with Crippen LogP contribution in [0.2, 0.25) is 0 Å². The molecule has 1 atom stereocenters. The molecule has 148 valence electrons. The Morgan fingerprint density at radius 3 is 2.37 bits per heavy atom. The molecule has 1 aromatic carbocycles. The Labute approximate surface area is 161 Å². The van der Waals surface area contributed by atoms with Crippen LogP contribution in [0, 0.1) is 0 Å². The van der Waals surface area contributed by atoms with Gasteiger partial charge in [0.2, 0.25) is 0 Å². The molecular formula is C21H31N3O3. The molecule has 0 bridgehead atoms. The number of carbonyl (C=O) groups is 2. The number of carboxylic acids is 1. The van der Waals surface area contributed by atoms with E-state index in [-0.39, 0.29) is 18.5 Å². The van der Waals surface area contributed by atoms with Crippen molar-refractivity contribution >= 4 is 12.0 Å². The van der Waals surface area contributed by atoms with E-state index < -0.39 is 5.97 Å². The Morgan fingerprint density at radius 2 is 1.74 bits per heavy atom. The van der Waals surface area contributed by atoms with Crippen molar-refractivity contribution in [3.63, 3.8) is 0 Å². The predicted molar refractivity (Wildman–Crippen MR) is 105 cm³/mol. The van der Waals surface area contributed by atoms with Gasteiger partial charge in [0.1, 0.15) is 0 Å². The molecule has 6 heteroatoms. The van der Waals surface area contributed by atoms with Crippen molar-refractivity contribution in [2.45, 2.75) is 57.0 Å². The Hall–Kier alpha value is -2.08. The van der Waals surface area contributed by atoms with Crippen molar-refractivity contribution in [2.24, 2.45) is 0 Å². The van der Waals surface area contributed by atoms with Crippen LogP contribution in [0.5, 0.6) is 0 Å². The van der Waals surface area contributed by atoms with Gasteiger partial charge < -0.3 is 15.3 Å². The van der Waals surface area contributed by atoms with Crippen LogP contribution in [0.1, 0.15) is 44.1 Å². The lowest BCUT2D eigenvalue weighted by Crippen LogP contribution is -2.55. The van der Waals surface area contributed by atoms with Gasteiger partial charge in [-0.05, 0) is 31.2 Å². The summed E-state index contributed by atoms with van der Waals surface area (Å²) >= 11 is 0. The number of carboxylic acid groups (broad SMARTS) is 1. The second-order valence-corrected chi connectivity index (χ2v) is 7.73. The van der Waals surface area contributed by atoms with E-state index in [0.717, 1.165) is 31.7 Å². The topological polar surface area (TPSA) is 72.9 Å². The number of hydrogen-bond acceptors (Lipinski definition) is 3.